The molecule has 9 heteroatoms. The maximum absolute atomic E-state index is 11.9. The highest BCUT2D eigenvalue weighted by Crippen LogP contribution is 2.28. The first-order chi connectivity index (χ1) is 5.73. The molecule has 2 nitrogen and oxygen atoms in total. The van der Waals surface area contributed by atoms with Crippen molar-refractivity contribution >= 4 is 12.4 Å². The van der Waals surface area contributed by atoms with Crippen LogP contribution in [0, 0.1) is 0 Å². The molecule has 1 rings (SSSR count). The maximum atomic E-state index is 11.9. The molecule has 0 saturated heterocycles. The van der Waals surface area contributed by atoms with E-state index in [-0.39, 0.29) is 6.20 Å². The molecule has 13 heavy (non-hydrogen) atoms. The highest BCUT2D eigenvalue weighted by atomic mass is 19.4. The third-order valence-corrected chi connectivity index (χ3v) is 1.30. The number of rotatable bonds is 1. The van der Waals surface area contributed by atoms with Gasteiger partial charge in [-0.3, -0.25) is 5.10 Å². The summed E-state index contributed by atoms with van der Waals surface area (Å²) >= 11 is 0. The molecule has 0 aliphatic rings. The Morgan fingerprint density at radius 3 is 2.08 bits per heavy atom. The molecular weight excluding hydrogens is 201 g/mol. The summed E-state index contributed by atoms with van der Waals surface area (Å²) in [5.41, 5.74) is -3.59. The van der Waals surface area contributed by atoms with Crippen molar-refractivity contribution in [3.05, 3.63) is 11.9 Å². The average Bonchev–Trinajstić information content (AvgIpc) is 2.27. The number of H-pyrrole nitrogens is 1. The van der Waals surface area contributed by atoms with E-state index in [1.807, 2.05) is 0 Å². The number of aromatic amines is 1. The zero-order chi connectivity index (χ0) is 10.3. The van der Waals surface area contributed by atoms with Gasteiger partial charge >= 0.3 is 13.2 Å². The number of halogens is 6. The molecule has 0 spiro atoms. The summed E-state index contributed by atoms with van der Waals surface area (Å²) in [7, 11) is 0. The van der Waals surface area contributed by atoms with E-state index in [1.54, 1.807) is 0 Å². The zero-order valence-corrected chi connectivity index (χ0v) is 5.87. The smallest absolute Gasteiger partial charge is 0.445 e. The molecule has 0 saturated carbocycles. The van der Waals surface area contributed by atoms with Gasteiger partial charge in [-0.25, -0.2) is 0 Å². The largest absolute Gasteiger partial charge is 0.513 e. The fourth-order valence-corrected chi connectivity index (χ4v) is 0.771. The number of hydrogen-bond acceptors (Lipinski definition) is 1. The Morgan fingerprint density at radius 1 is 1.23 bits per heavy atom. The van der Waals surface area contributed by atoms with E-state index in [2.05, 4.69) is 5.10 Å². The van der Waals surface area contributed by atoms with Crippen molar-refractivity contribution < 1.29 is 26.1 Å². The molecule has 74 valence electrons. The van der Waals surface area contributed by atoms with Crippen LogP contribution in [0.2, 0.25) is 0 Å². The van der Waals surface area contributed by atoms with Crippen LogP contribution in [0.1, 0.15) is 5.69 Å². The van der Waals surface area contributed by atoms with Gasteiger partial charge in [-0.15, -0.1) is 0 Å². The van der Waals surface area contributed by atoms with Crippen LogP contribution in [-0.4, -0.2) is 17.2 Å². The Morgan fingerprint density at radius 2 is 1.77 bits per heavy atom. The summed E-state index contributed by atoms with van der Waals surface area (Å²) in [5.74, 6) is 0. The van der Waals surface area contributed by atoms with Crippen LogP contribution in [0.3, 0.4) is 0 Å². The summed E-state index contributed by atoms with van der Waals surface area (Å²) < 4.78 is 71.3. The predicted molar refractivity (Wildman–Crippen MR) is 32.3 cm³/mol. The second-order valence-electron chi connectivity index (χ2n) is 2.27. The summed E-state index contributed by atoms with van der Waals surface area (Å²) in [4.78, 5) is 0. The van der Waals surface area contributed by atoms with Gasteiger partial charge in [-0.2, -0.15) is 18.3 Å². The van der Waals surface area contributed by atoms with Gasteiger partial charge in [0.1, 0.15) is 5.69 Å². The molecule has 0 radical (unpaired) electrons. The van der Waals surface area contributed by atoms with Crippen molar-refractivity contribution in [1.29, 1.82) is 0 Å². The Bertz CT molecular complexity index is 270. The second kappa shape index (κ2) is 2.67. The Balaban J connectivity index is 3.19. The minimum atomic E-state index is -5.68. The van der Waals surface area contributed by atoms with Crippen LogP contribution < -0.4 is 5.46 Å². The third kappa shape index (κ3) is 1.96. The first-order valence-electron chi connectivity index (χ1n) is 3.03. The van der Waals surface area contributed by atoms with Crippen molar-refractivity contribution in [2.45, 2.75) is 6.18 Å². The van der Waals surface area contributed by atoms with E-state index in [4.69, 9.17) is 0 Å². The quantitative estimate of drug-likeness (QED) is 0.543. The zero-order valence-electron chi connectivity index (χ0n) is 5.87. The average molecular weight is 203 g/mol. The van der Waals surface area contributed by atoms with Crippen molar-refractivity contribution in [1.82, 2.24) is 10.2 Å². The lowest BCUT2D eigenvalue weighted by molar-refractivity contribution is -0.140. The molecule has 1 aromatic heterocycles. The summed E-state index contributed by atoms with van der Waals surface area (Å²) in [5, 5.41) is 3.98. The Hall–Kier alpha value is -1.15. The monoisotopic (exact) mass is 203 g/mol. The van der Waals surface area contributed by atoms with E-state index < -0.39 is 24.3 Å². The van der Waals surface area contributed by atoms with Crippen LogP contribution in [-0.2, 0) is 6.18 Å². The molecule has 0 amide bonds. The molecule has 1 N–H and O–H groups in total. The number of nitrogens with one attached hydrogen (secondary N) is 1. The minimum absolute atomic E-state index is 0.128. The van der Waals surface area contributed by atoms with Crippen LogP contribution in [0.25, 0.3) is 0 Å². The first-order valence-corrected chi connectivity index (χ1v) is 3.03. The number of hydrogen-bond donors (Lipinski definition) is 1. The fraction of sp³-hybridized carbons (Fsp3) is 0.250. The molecule has 0 aromatic carbocycles. The molecule has 0 aliphatic heterocycles. The fourth-order valence-electron chi connectivity index (χ4n) is 0.771. The van der Waals surface area contributed by atoms with Gasteiger partial charge in [-0.1, -0.05) is 5.46 Å². The van der Waals surface area contributed by atoms with Gasteiger partial charge < -0.3 is 12.9 Å². The molecule has 0 atom stereocenters. The summed E-state index contributed by atoms with van der Waals surface area (Å²) in [6.45, 7) is -5.68. The van der Waals surface area contributed by atoms with Gasteiger partial charge in [0.15, 0.2) is 0 Å². The molecular formula is C4H2BF6N2-. The first kappa shape index (κ1) is 9.94. The standard InChI is InChI=1S/C4H2BF6N2/c6-4(7,8)3-2(1-12-13-3)5(9,10)11/h1H,(H,12,13)/q-1. The van der Waals surface area contributed by atoms with Gasteiger partial charge in [-0.05, 0) is 0 Å². The van der Waals surface area contributed by atoms with E-state index in [1.165, 1.54) is 5.10 Å². The van der Waals surface area contributed by atoms with Crippen molar-refractivity contribution in [2.24, 2.45) is 0 Å². The van der Waals surface area contributed by atoms with Crippen LogP contribution in [0.4, 0.5) is 26.1 Å². The van der Waals surface area contributed by atoms with Crippen LogP contribution >= 0.6 is 0 Å². The minimum Gasteiger partial charge on any atom is -0.445 e. The van der Waals surface area contributed by atoms with E-state index in [9.17, 15) is 26.1 Å². The van der Waals surface area contributed by atoms with Gasteiger partial charge in [0.25, 0.3) is 0 Å². The normalized spacial score (nSPS) is 13.4. The Kier molecular flexibility index (Phi) is 2.04. The van der Waals surface area contributed by atoms with Gasteiger partial charge in [0.05, 0.1) is 0 Å². The summed E-state index contributed by atoms with van der Waals surface area (Å²) in [6, 6.07) is 0. The van der Waals surface area contributed by atoms with E-state index in [0.717, 1.165) is 0 Å². The molecule has 0 unspecified atom stereocenters. The molecule has 1 aromatic rings. The highest BCUT2D eigenvalue weighted by Gasteiger charge is 2.41. The topological polar surface area (TPSA) is 28.7 Å². The lowest BCUT2D eigenvalue weighted by Crippen LogP contribution is -2.38. The van der Waals surface area contributed by atoms with Crippen molar-refractivity contribution in [3.8, 4) is 0 Å². The summed E-state index contributed by atoms with van der Waals surface area (Å²) in [6.07, 6.45) is -4.92. The number of aromatic nitrogens is 2. The Labute approximate surface area is 68.0 Å². The SMILES string of the molecule is F[B-](F)(F)c1cn[nH]c1C(F)(F)F. The molecule has 0 bridgehead atoms. The highest BCUT2D eigenvalue weighted by molar-refractivity contribution is 6.73. The number of nitrogens with zero attached hydrogens (tertiary/aromatic N) is 1. The van der Waals surface area contributed by atoms with E-state index in [0.29, 0.717) is 0 Å². The lowest BCUT2D eigenvalue weighted by atomic mass is 9.80. The second-order valence-corrected chi connectivity index (χ2v) is 2.27. The lowest BCUT2D eigenvalue weighted by Gasteiger charge is -2.15. The molecule has 0 fully saturated rings. The molecule has 1 heterocycles. The van der Waals surface area contributed by atoms with Crippen molar-refractivity contribution in [3.63, 3.8) is 0 Å². The van der Waals surface area contributed by atoms with E-state index >= 15 is 0 Å². The van der Waals surface area contributed by atoms with Gasteiger partial charge in [0.2, 0.25) is 0 Å². The van der Waals surface area contributed by atoms with Crippen LogP contribution in [0.5, 0.6) is 0 Å². The predicted octanol–water partition coefficient (Wildman–Crippen LogP) is 1.48. The maximum Gasteiger partial charge on any atom is 0.513 e. The van der Waals surface area contributed by atoms with Crippen molar-refractivity contribution in [2.75, 3.05) is 0 Å². The molecule has 0 aliphatic carbocycles. The van der Waals surface area contributed by atoms with Crippen LogP contribution in [0.15, 0.2) is 6.20 Å². The number of alkyl halides is 3. The third-order valence-electron chi connectivity index (χ3n) is 1.30. The van der Waals surface area contributed by atoms with Gasteiger partial charge in [0, 0.05) is 6.20 Å².